The molecular weight excluding hydrogens is 271 g/mol. The van der Waals surface area contributed by atoms with Gasteiger partial charge in [-0.1, -0.05) is 24.3 Å². The molecule has 1 amide bonds. The Balaban J connectivity index is 1.75. The van der Waals surface area contributed by atoms with Crippen molar-refractivity contribution in [1.82, 2.24) is 9.47 Å². The molecular formula is C16H15FN2O2. The van der Waals surface area contributed by atoms with E-state index in [1.54, 1.807) is 4.90 Å². The summed E-state index contributed by atoms with van der Waals surface area (Å²) >= 11 is 0. The predicted octanol–water partition coefficient (Wildman–Crippen LogP) is 1.57. The maximum Gasteiger partial charge on any atom is 0.251 e. The molecule has 0 saturated heterocycles. The highest BCUT2D eigenvalue weighted by atomic mass is 19.1. The fraction of sp³-hybridized carbons (Fsp3) is 0.250. The van der Waals surface area contributed by atoms with Crippen molar-refractivity contribution in [2.24, 2.45) is 0 Å². The number of fused-ring (bicyclic) bond motifs is 1. The van der Waals surface area contributed by atoms with Crippen LogP contribution >= 0.6 is 0 Å². The SMILES string of the molecule is O=C(Cn1cc(F)ccc1=O)N1CCc2ccccc2C1. The number of aromatic nitrogens is 1. The van der Waals surface area contributed by atoms with Gasteiger partial charge in [0, 0.05) is 25.4 Å². The van der Waals surface area contributed by atoms with Gasteiger partial charge >= 0.3 is 0 Å². The number of nitrogens with zero attached hydrogens (tertiary/aromatic N) is 2. The number of carbonyl (C=O) groups excluding carboxylic acids is 1. The Labute approximate surface area is 121 Å². The molecule has 0 unspecified atom stereocenters. The highest BCUT2D eigenvalue weighted by molar-refractivity contribution is 5.76. The molecule has 4 nitrogen and oxygen atoms in total. The normalized spacial score (nSPS) is 13.9. The highest BCUT2D eigenvalue weighted by Crippen LogP contribution is 2.18. The average Bonchev–Trinajstić information content (AvgIpc) is 2.50. The van der Waals surface area contributed by atoms with Crippen LogP contribution in [0.2, 0.25) is 0 Å². The molecule has 1 aromatic heterocycles. The number of rotatable bonds is 2. The third-order valence-electron chi connectivity index (χ3n) is 3.74. The zero-order valence-electron chi connectivity index (χ0n) is 11.5. The molecule has 3 rings (SSSR count). The maximum absolute atomic E-state index is 13.2. The molecule has 5 heteroatoms. The second-order valence-corrected chi connectivity index (χ2v) is 5.15. The summed E-state index contributed by atoms with van der Waals surface area (Å²) in [5.74, 6) is -0.691. The van der Waals surface area contributed by atoms with Crippen LogP contribution in [0.5, 0.6) is 0 Å². The van der Waals surface area contributed by atoms with Crippen molar-refractivity contribution < 1.29 is 9.18 Å². The summed E-state index contributed by atoms with van der Waals surface area (Å²) in [5.41, 5.74) is 2.01. The Morgan fingerprint density at radius 1 is 1.14 bits per heavy atom. The van der Waals surface area contributed by atoms with Crippen LogP contribution in [-0.2, 0) is 24.3 Å². The van der Waals surface area contributed by atoms with Crippen molar-refractivity contribution >= 4 is 5.91 Å². The minimum Gasteiger partial charge on any atom is -0.336 e. The van der Waals surface area contributed by atoms with Gasteiger partial charge in [0.15, 0.2) is 0 Å². The summed E-state index contributed by atoms with van der Waals surface area (Å²) in [6, 6.07) is 10.2. The molecule has 1 aliphatic rings. The van der Waals surface area contributed by atoms with Crippen LogP contribution in [-0.4, -0.2) is 21.9 Å². The molecule has 0 spiro atoms. The number of hydrogen-bond acceptors (Lipinski definition) is 2. The smallest absolute Gasteiger partial charge is 0.251 e. The Morgan fingerprint density at radius 2 is 1.90 bits per heavy atom. The summed E-state index contributed by atoms with van der Waals surface area (Å²) in [4.78, 5) is 25.6. The zero-order valence-corrected chi connectivity index (χ0v) is 11.5. The minimum atomic E-state index is -0.522. The van der Waals surface area contributed by atoms with Crippen LogP contribution in [0.25, 0.3) is 0 Å². The fourth-order valence-electron chi connectivity index (χ4n) is 2.58. The zero-order chi connectivity index (χ0) is 14.8. The van der Waals surface area contributed by atoms with Gasteiger partial charge in [-0.3, -0.25) is 9.59 Å². The van der Waals surface area contributed by atoms with Crippen LogP contribution in [0, 0.1) is 5.82 Å². The van der Waals surface area contributed by atoms with Crippen molar-refractivity contribution in [3.05, 3.63) is 69.9 Å². The van der Waals surface area contributed by atoms with E-state index in [9.17, 15) is 14.0 Å². The van der Waals surface area contributed by atoms with E-state index in [-0.39, 0.29) is 18.0 Å². The number of hydrogen-bond donors (Lipinski definition) is 0. The van der Waals surface area contributed by atoms with Crippen molar-refractivity contribution in [3.8, 4) is 0 Å². The van der Waals surface area contributed by atoms with E-state index in [0.29, 0.717) is 13.1 Å². The summed E-state index contributed by atoms with van der Waals surface area (Å²) in [6.07, 6.45) is 1.87. The first-order valence-corrected chi connectivity index (χ1v) is 6.84. The summed E-state index contributed by atoms with van der Waals surface area (Å²) < 4.78 is 14.3. The van der Waals surface area contributed by atoms with Crippen LogP contribution in [0.1, 0.15) is 11.1 Å². The number of benzene rings is 1. The van der Waals surface area contributed by atoms with Gasteiger partial charge in [-0.25, -0.2) is 4.39 Å². The fourth-order valence-corrected chi connectivity index (χ4v) is 2.58. The second-order valence-electron chi connectivity index (χ2n) is 5.15. The molecule has 0 N–H and O–H groups in total. The number of carbonyl (C=O) groups is 1. The standard InChI is InChI=1S/C16H15FN2O2/c17-14-5-6-15(20)19(10-14)11-16(21)18-8-7-12-3-1-2-4-13(12)9-18/h1-6,10H,7-9,11H2. The van der Waals surface area contributed by atoms with Gasteiger partial charge in [0.1, 0.15) is 12.4 Å². The maximum atomic E-state index is 13.2. The van der Waals surface area contributed by atoms with Gasteiger partial charge in [-0.2, -0.15) is 0 Å². The van der Waals surface area contributed by atoms with Crippen molar-refractivity contribution in [3.63, 3.8) is 0 Å². The van der Waals surface area contributed by atoms with Gasteiger partial charge in [-0.15, -0.1) is 0 Å². The van der Waals surface area contributed by atoms with Crippen LogP contribution in [0.3, 0.4) is 0 Å². The van der Waals surface area contributed by atoms with Crippen molar-refractivity contribution in [1.29, 1.82) is 0 Å². The molecule has 2 heterocycles. The monoisotopic (exact) mass is 286 g/mol. The van der Waals surface area contributed by atoms with E-state index < -0.39 is 5.82 Å². The molecule has 1 aromatic carbocycles. The number of halogens is 1. The van der Waals surface area contributed by atoms with E-state index in [4.69, 9.17) is 0 Å². The average molecular weight is 286 g/mol. The summed E-state index contributed by atoms with van der Waals surface area (Å²) in [7, 11) is 0. The van der Waals surface area contributed by atoms with Crippen molar-refractivity contribution in [2.45, 2.75) is 19.5 Å². The Hall–Kier alpha value is -2.43. The van der Waals surface area contributed by atoms with Gasteiger partial charge in [0.05, 0.1) is 0 Å². The van der Waals surface area contributed by atoms with Crippen LogP contribution in [0.15, 0.2) is 47.4 Å². The van der Waals surface area contributed by atoms with Crippen molar-refractivity contribution in [2.75, 3.05) is 6.54 Å². The predicted molar refractivity (Wildman–Crippen MR) is 76.2 cm³/mol. The number of amides is 1. The van der Waals surface area contributed by atoms with E-state index in [1.165, 1.54) is 5.56 Å². The first-order valence-electron chi connectivity index (χ1n) is 6.84. The summed E-state index contributed by atoms with van der Waals surface area (Å²) in [5, 5.41) is 0. The highest BCUT2D eigenvalue weighted by Gasteiger charge is 2.20. The molecule has 0 atom stereocenters. The molecule has 0 aliphatic carbocycles. The van der Waals surface area contributed by atoms with E-state index in [2.05, 4.69) is 6.07 Å². The summed E-state index contributed by atoms with van der Waals surface area (Å²) in [6.45, 7) is 1.04. The molecule has 1 aliphatic heterocycles. The van der Waals surface area contributed by atoms with E-state index >= 15 is 0 Å². The Morgan fingerprint density at radius 3 is 2.71 bits per heavy atom. The van der Waals surface area contributed by atoms with Gasteiger partial charge < -0.3 is 9.47 Å². The molecule has 0 radical (unpaired) electrons. The quantitative estimate of drug-likeness (QED) is 0.841. The Kier molecular flexibility index (Phi) is 3.56. The third kappa shape index (κ3) is 2.86. The number of pyridine rings is 1. The lowest BCUT2D eigenvalue weighted by Gasteiger charge is -2.29. The van der Waals surface area contributed by atoms with Crippen LogP contribution < -0.4 is 5.56 Å². The largest absolute Gasteiger partial charge is 0.336 e. The van der Waals surface area contributed by atoms with Crippen LogP contribution in [0.4, 0.5) is 4.39 Å². The lowest BCUT2D eigenvalue weighted by atomic mass is 10.00. The second kappa shape index (κ2) is 5.52. The van der Waals surface area contributed by atoms with Gasteiger partial charge in [-0.05, 0) is 23.6 Å². The molecule has 0 bridgehead atoms. The van der Waals surface area contributed by atoms with Gasteiger partial charge in [0.25, 0.3) is 5.56 Å². The molecule has 2 aromatic rings. The third-order valence-corrected chi connectivity index (χ3v) is 3.74. The van der Waals surface area contributed by atoms with E-state index in [1.807, 2.05) is 18.2 Å². The minimum absolute atomic E-state index is 0.126. The molecule has 21 heavy (non-hydrogen) atoms. The van der Waals surface area contributed by atoms with E-state index in [0.717, 1.165) is 34.9 Å². The lowest BCUT2D eigenvalue weighted by Crippen LogP contribution is -2.39. The molecule has 0 fully saturated rings. The topological polar surface area (TPSA) is 42.3 Å². The first-order chi connectivity index (χ1) is 10.1. The first kappa shape index (κ1) is 13.5. The van der Waals surface area contributed by atoms with Gasteiger partial charge in [0.2, 0.25) is 5.91 Å². The lowest BCUT2D eigenvalue weighted by molar-refractivity contribution is -0.132. The molecule has 0 saturated carbocycles. The molecule has 108 valence electrons. The Bertz CT molecular complexity index is 739.